The van der Waals surface area contributed by atoms with E-state index >= 15 is 0 Å². The summed E-state index contributed by atoms with van der Waals surface area (Å²) in [5, 5.41) is 11.4. The van der Waals surface area contributed by atoms with Gasteiger partial charge in [0.15, 0.2) is 0 Å². The van der Waals surface area contributed by atoms with Gasteiger partial charge in [-0.15, -0.1) is 0 Å². The zero-order valence-electron chi connectivity index (χ0n) is 12.9. The summed E-state index contributed by atoms with van der Waals surface area (Å²) in [7, 11) is 0. The highest BCUT2D eigenvalue weighted by atomic mass is 16.4. The van der Waals surface area contributed by atoms with Crippen molar-refractivity contribution in [1.82, 2.24) is 15.3 Å². The third-order valence-electron chi connectivity index (χ3n) is 3.11. The number of aliphatic carboxylic acids is 1. The molecule has 7 heteroatoms. The summed E-state index contributed by atoms with van der Waals surface area (Å²) in [6.45, 7) is 8.65. The number of amides is 1. The number of rotatable bonds is 5. The Labute approximate surface area is 122 Å². The first kappa shape index (κ1) is 16.9. The molecule has 1 aromatic rings. The van der Waals surface area contributed by atoms with Crippen LogP contribution in [-0.2, 0) is 4.79 Å². The van der Waals surface area contributed by atoms with Gasteiger partial charge in [0, 0.05) is 5.92 Å². The summed E-state index contributed by atoms with van der Waals surface area (Å²) in [5.74, 6) is -1.64. The first-order valence-electron chi connectivity index (χ1n) is 6.79. The Morgan fingerprint density at radius 1 is 1.24 bits per heavy atom. The van der Waals surface area contributed by atoms with Crippen LogP contribution in [0.15, 0.2) is 4.79 Å². The van der Waals surface area contributed by atoms with E-state index in [2.05, 4.69) is 15.3 Å². The van der Waals surface area contributed by atoms with Crippen molar-refractivity contribution in [2.24, 2.45) is 5.92 Å². The van der Waals surface area contributed by atoms with Crippen molar-refractivity contribution < 1.29 is 14.7 Å². The lowest BCUT2D eigenvalue weighted by atomic mass is 10.0. The van der Waals surface area contributed by atoms with Crippen LogP contribution in [0.1, 0.15) is 55.5 Å². The number of carboxylic acids is 1. The fourth-order valence-corrected chi connectivity index (χ4v) is 1.88. The third-order valence-corrected chi connectivity index (χ3v) is 3.11. The number of aromatic amines is 1. The van der Waals surface area contributed by atoms with Crippen LogP contribution in [0.4, 0.5) is 0 Å². The molecule has 3 N–H and O–H groups in total. The quantitative estimate of drug-likeness (QED) is 0.751. The predicted octanol–water partition coefficient (Wildman–Crippen LogP) is 1.04. The summed E-state index contributed by atoms with van der Waals surface area (Å²) in [5.41, 5.74) is -0.421. The number of aromatic nitrogens is 2. The molecule has 21 heavy (non-hydrogen) atoms. The van der Waals surface area contributed by atoms with Crippen molar-refractivity contribution in [3.63, 3.8) is 0 Å². The zero-order chi connectivity index (χ0) is 16.3. The molecule has 0 radical (unpaired) electrons. The number of carboxylic acid groups (broad SMARTS) is 1. The predicted molar refractivity (Wildman–Crippen MR) is 77.4 cm³/mol. The van der Waals surface area contributed by atoms with Crippen LogP contribution in [-0.4, -0.2) is 33.0 Å². The van der Waals surface area contributed by atoms with Crippen LogP contribution in [0.5, 0.6) is 0 Å². The van der Waals surface area contributed by atoms with Crippen molar-refractivity contribution >= 4 is 11.9 Å². The van der Waals surface area contributed by atoms with Crippen LogP contribution >= 0.6 is 0 Å². The molecule has 1 atom stereocenters. The average molecular weight is 295 g/mol. The first-order valence-corrected chi connectivity index (χ1v) is 6.79. The Morgan fingerprint density at radius 2 is 1.81 bits per heavy atom. The fraction of sp³-hybridized carbons (Fsp3) is 0.571. The highest BCUT2D eigenvalue weighted by Gasteiger charge is 2.26. The molecule has 1 aromatic heterocycles. The maximum absolute atomic E-state index is 12.2. The molecule has 1 amide bonds. The van der Waals surface area contributed by atoms with E-state index in [1.165, 1.54) is 0 Å². The van der Waals surface area contributed by atoms with Gasteiger partial charge in [-0.1, -0.05) is 27.7 Å². The van der Waals surface area contributed by atoms with E-state index in [4.69, 9.17) is 5.11 Å². The van der Waals surface area contributed by atoms with Crippen LogP contribution in [0.3, 0.4) is 0 Å². The molecule has 0 aromatic carbocycles. The zero-order valence-corrected chi connectivity index (χ0v) is 12.9. The van der Waals surface area contributed by atoms with Crippen molar-refractivity contribution in [1.29, 1.82) is 0 Å². The molecule has 0 fully saturated rings. The van der Waals surface area contributed by atoms with E-state index in [1.807, 2.05) is 13.8 Å². The van der Waals surface area contributed by atoms with Crippen molar-refractivity contribution in [2.45, 2.75) is 46.6 Å². The minimum absolute atomic E-state index is 0.0240. The van der Waals surface area contributed by atoms with Gasteiger partial charge < -0.3 is 15.4 Å². The lowest BCUT2D eigenvalue weighted by Gasteiger charge is -2.18. The van der Waals surface area contributed by atoms with Gasteiger partial charge in [0.2, 0.25) is 0 Å². The number of hydrogen-bond donors (Lipinski definition) is 3. The number of H-pyrrole nitrogens is 1. The molecule has 1 rings (SSSR count). The SMILES string of the molecule is Cc1nc(C(C)C)[nH]c(=O)c1C(=O)N[C@@H](C(=O)O)C(C)C. The normalized spacial score (nSPS) is 12.5. The minimum atomic E-state index is -1.14. The van der Waals surface area contributed by atoms with E-state index < -0.39 is 23.5 Å². The second kappa shape index (κ2) is 6.51. The first-order chi connectivity index (χ1) is 9.65. The summed E-state index contributed by atoms with van der Waals surface area (Å²) in [6.07, 6.45) is 0. The second-order valence-corrected chi connectivity index (χ2v) is 5.60. The summed E-state index contributed by atoms with van der Waals surface area (Å²) in [4.78, 5) is 42.0. The number of carbonyl (C=O) groups excluding carboxylic acids is 1. The largest absolute Gasteiger partial charge is 0.480 e. The van der Waals surface area contributed by atoms with Gasteiger partial charge in [-0.25, -0.2) is 9.78 Å². The fourth-order valence-electron chi connectivity index (χ4n) is 1.88. The lowest BCUT2D eigenvalue weighted by molar-refractivity contribution is -0.140. The highest BCUT2D eigenvalue weighted by Crippen LogP contribution is 2.09. The molecule has 0 aliphatic rings. The van der Waals surface area contributed by atoms with E-state index in [-0.39, 0.29) is 23.1 Å². The monoisotopic (exact) mass is 295 g/mol. The van der Waals surface area contributed by atoms with Gasteiger partial charge in [0.1, 0.15) is 17.4 Å². The maximum Gasteiger partial charge on any atom is 0.326 e. The van der Waals surface area contributed by atoms with E-state index in [0.717, 1.165) is 0 Å². The van der Waals surface area contributed by atoms with Gasteiger partial charge in [-0.2, -0.15) is 0 Å². The van der Waals surface area contributed by atoms with Crippen LogP contribution in [0.25, 0.3) is 0 Å². The topological polar surface area (TPSA) is 112 Å². The Bertz CT molecular complexity index is 605. The Hall–Kier alpha value is -2.18. The van der Waals surface area contributed by atoms with E-state index in [9.17, 15) is 14.4 Å². The molecule has 0 aliphatic heterocycles. The summed E-state index contributed by atoms with van der Waals surface area (Å²) >= 11 is 0. The number of aryl methyl sites for hydroxylation is 1. The van der Waals surface area contributed by atoms with Gasteiger partial charge >= 0.3 is 5.97 Å². The van der Waals surface area contributed by atoms with E-state index in [0.29, 0.717) is 5.82 Å². The molecule has 0 saturated carbocycles. The minimum Gasteiger partial charge on any atom is -0.480 e. The summed E-state index contributed by atoms with van der Waals surface area (Å²) in [6, 6.07) is -1.05. The van der Waals surface area contributed by atoms with E-state index in [1.54, 1.807) is 20.8 Å². The van der Waals surface area contributed by atoms with Crippen molar-refractivity contribution in [3.8, 4) is 0 Å². The summed E-state index contributed by atoms with van der Waals surface area (Å²) < 4.78 is 0. The van der Waals surface area contributed by atoms with Crippen molar-refractivity contribution in [3.05, 3.63) is 27.4 Å². The molecule has 0 saturated heterocycles. The Morgan fingerprint density at radius 3 is 2.19 bits per heavy atom. The van der Waals surface area contributed by atoms with Gasteiger partial charge in [0.25, 0.3) is 11.5 Å². The Kier molecular flexibility index (Phi) is 5.23. The van der Waals surface area contributed by atoms with Crippen molar-refractivity contribution in [2.75, 3.05) is 0 Å². The molecule has 1 heterocycles. The molecule has 0 spiro atoms. The maximum atomic E-state index is 12.2. The van der Waals surface area contributed by atoms with Crippen LogP contribution in [0, 0.1) is 12.8 Å². The van der Waals surface area contributed by atoms with Gasteiger partial charge in [-0.05, 0) is 12.8 Å². The molecule has 116 valence electrons. The molecule has 0 unspecified atom stereocenters. The number of nitrogens with zero attached hydrogens (tertiary/aromatic N) is 1. The van der Waals surface area contributed by atoms with Crippen LogP contribution < -0.4 is 10.9 Å². The van der Waals surface area contributed by atoms with Crippen LogP contribution in [0.2, 0.25) is 0 Å². The smallest absolute Gasteiger partial charge is 0.326 e. The number of nitrogens with one attached hydrogen (secondary N) is 2. The third kappa shape index (κ3) is 3.90. The lowest BCUT2D eigenvalue weighted by Crippen LogP contribution is -2.46. The van der Waals surface area contributed by atoms with Gasteiger partial charge in [0.05, 0.1) is 5.69 Å². The number of carbonyl (C=O) groups is 2. The standard InChI is InChI=1S/C14H21N3O4/c1-6(2)10(14(20)21)16-12(18)9-8(5)15-11(7(3)4)17-13(9)19/h6-7,10H,1-5H3,(H,16,18)(H,20,21)(H,15,17,19)/t10-/m1/s1. The number of hydrogen-bond acceptors (Lipinski definition) is 4. The molecule has 0 aliphatic carbocycles. The molecule has 0 bridgehead atoms. The highest BCUT2D eigenvalue weighted by molar-refractivity contribution is 5.97. The van der Waals surface area contributed by atoms with Gasteiger partial charge in [-0.3, -0.25) is 9.59 Å². The molecule has 7 nitrogen and oxygen atoms in total. The Balaban J connectivity index is 3.14. The average Bonchev–Trinajstić information content (AvgIpc) is 2.33. The molecular weight excluding hydrogens is 274 g/mol. The second-order valence-electron chi connectivity index (χ2n) is 5.60. The molecular formula is C14H21N3O4.